The van der Waals surface area contributed by atoms with Crippen LogP contribution in [-0.4, -0.2) is 27.2 Å². The number of aliphatic hydroxyl groups is 3. The van der Waals surface area contributed by atoms with Crippen LogP contribution in [0.5, 0.6) is 0 Å². The van der Waals surface area contributed by atoms with E-state index in [0.717, 1.165) is 12.8 Å². The lowest BCUT2D eigenvalue weighted by Crippen LogP contribution is -2.42. The van der Waals surface area contributed by atoms with Crippen molar-refractivity contribution < 1.29 is 15.3 Å². The highest BCUT2D eigenvalue weighted by Gasteiger charge is 2.39. The number of allylic oxidation sites excluding steroid dienone is 2. The lowest BCUT2D eigenvalue weighted by molar-refractivity contribution is -0.160. The molecule has 3 atom stereocenters. The van der Waals surface area contributed by atoms with Crippen molar-refractivity contribution in [3.05, 3.63) is 23.3 Å². The summed E-state index contributed by atoms with van der Waals surface area (Å²) < 4.78 is 0. The standard InChI is InChI=1S/C15H26O3/c1-10(2)6-5-7-11(3)13-9-15(17,18)12(4)8-14(13)16/h6,8,11,13-14,16-18H,5,7,9H2,1-4H3. The molecule has 1 aliphatic carbocycles. The van der Waals surface area contributed by atoms with Crippen LogP contribution in [0.1, 0.15) is 47.0 Å². The van der Waals surface area contributed by atoms with Crippen molar-refractivity contribution in [1.29, 1.82) is 0 Å². The van der Waals surface area contributed by atoms with E-state index in [1.165, 1.54) is 5.57 Å². The van der Waals surface area contributed by atoms with Gasteiger partial charge in [-0.1, -0.05) is 24.6 Å². The van der Waals surface area contributed by atoms with Gasteiger partial charge in [0.1, 0.15) is 0 Å². The number of rotatable bonds is 4. The van der Waals surface area contributed by atoms with Gasteiger partial charge >= 0.3 is 0 Å². The molecule has 0 heterocycles. The van der Waals surface area contributed by atoms with E-state index in [4.69, 9.17) is 0 Å². The maximum absolute atomic E-state index is 10.0. The SMILES string of the molecule is CC(C)=CCCC(C)C1CC(O)(O)C(C)=CC1O. The van der Waals surface area contributed by atoms with Gasteiger partial charge in [-0.3, -0.25) is 0 Å². The van der Waals surface area contributed by atoms with E-state index in [1.807, 2.05) is 0 Å². The second kappa shape index (κ2) is 6.00. The first-order chi connectivity index (χ1) is 8.24. The first kappa shape index (κ1) is 15.4. The van der Waals surface area contributed by atoms with Gasteiger partial charge in [0.15, 0.2) is 5.79 Å². The first-order valence-corrected chi connectivity index (χ1v) is 6.69. The van der Waals surface area contributed by atoms with Crippen LogP contribution in [0.25, 0.3) is 0 Å². The fourth-order valence-corrected chi connectivity index (χ4v) is 2.51. The number of hydrogen-bond acceptors (Lipinski definition) is 3. The summed E-state index contributed by atoms with van der Waals surface area (Å²) in [6.45, 7) is 7.85. The van der Waals surface area contributed by atoms with E-state index in [9.17, 15) is 15.3 Å². The summed E-state index contributed by atoms with van der Waals surface area (Å²) in [7, 11) is 0. The number of hydrogen-bond donors (Lipinski definition) is 3. The van der Waals surface area contributed by atoms with Crippen LogP contribution in [0.15, 0.2) is 23.3 Å². The molecule has 0 aromatic carbocycles. The van der Waals surface area contributed by atoms with Crippen molar-refractivity contribution in [2.24, 2.45) is 11.8 Å². The monoisotopic (exact) mass is 254 g/mol. The third-order valence-electron chi connectivity index (χ3n) is 3.92. The Kier molecular flexibility index (Phi) is 5.14. The van der Waals surface area contributed by atoms with Gasteiger partial charge in [-0.25, -0.2) is 0 Å². The van der Waals surface area contributed by atoms with Crippen LogP contribution in [0, 0.1) is 11.8 Å². The van der Waals surface area contributed by atoms with E-state index in [1.54, 1.807) is 13.0 Å². The van der Waals surface area contributed by atoms with Crippen LogP contribution in [0.2, 0.25) is 0 Å². The zero-order valence-electron chi connectivity index (χ0n) is 11.8. The lowest BCUT2D eigenvalue weighted by atomic mass is 9.75. The molecule has 0 aromatic rings. The molecule has 0 radical (unpaired) electrons. The molecule has 0 bridgehead atoms. The Hall–Kier alpha value is -0.640. The van der Waals surface area contributed by atoms with Gasteiger partial charge in [0, 0.05) is 6.42 Å². The Morgan fingerprint density at radius 3 is 2.67 bits per heavy atom. The second-order valence-electron chi connectivity index (χ2n) is 5.86. The minimum absolute atomic E-state index is 0.0886. The van der Waals surface area contributed by atoms with Crippen LogP contribution in [-0.2, 0) is 0 Å². The van der Waals surface area contributed by atoms with Gasteiger partial charge in [0.25, 0.3) is 0 Å². The zero-order chi connectivity index (χ0) is 13.9. The third kappa shape index (κ3) is 3.94. The largest absolute Gasteiger partial charge is 0.389 e. The smallest absolute Gasteiger partial charge is 0.185 e. The highest BCUT2D eigenvalue weighted by molar-refractivity contribution is 5.17. The van der Waals surface area contributed by atoms with Crippen LogP contribution < -0.4 is 0 Å². The maximum Gasteiger partial charge on any atom is 0.185 e. The van der Waals surface area contributed by atoms with Gasteiger partial charge in [0.2, 0.25) is 0 Å². The van der Waals surface area contributed by atoms with Crippen LogP contribution in [0.4, 0.5) is 0 Å². The summed E-state index contributed by atoms with van der Waals surface area (Å²) in [5, 5.41) is 29.8. The summed E-state index contributed by atoms with van der Waals surface area (Å²) >= 11 is 0. The zero-order valence-corrected chi connectivity index (χ0v) is 11.8. The van der Waals surface area contributed by atoms with Crippen molar-refractivity contribution >= 4 is 0 Å². The number of aliphatic hydroxyl groups excluding tert-OH is 1. The fourth-order valence-electron chi connectivity index (χ4n) is 2.51. The average molecular weight is 254 g/mol. The van der Waals surface area contributed by atoms with Gasteiger partial charge < -0.3 is 15.3 Å². The molecule has 1 aliphatic rings. The Balaban J connectivity index is 2.64. The Bertz CT molecular complexity index is 338. The molecule has 0 saturated heterocycles. The molecule has 0 spiro atoms. The molecular weight excluding hydrogens is 228 g/mol. The summed E-state index contributed by atoms with van der Waals surface area (Å²) in [6, 6.07) is 0. The van der Waals surface area contributed by atoms with Crippen molar-refractivity contribution in [2.45, 2.75) is 58.8 Å². The molecule has 0 aromatic heterocycles. The molecule has 3 unspecified atom stereocenters. The van der Waals surface area contributed by atoms with E-state index in [2.05, 4.69) is 26.8 Å². The quantitative estimate of drug-likeness (QED) is 0.533. The van der Waals surface area contributed by atoms with Crippen molar-refractivity contribution in [3.8, 4) is 0 Å². The summed E-state index contributed by atoms with van der Waals surface area (Å²) in [5.41, 5.74) is 1.74. The molecule has 0 fully saturated rings. The maximum atomic E-state index is 10.0. The van der Waals surface area contributed by atoms with Crippen molar-refractivity contribution in [1.82, 2.24) is 0 Å². The Morgan fingerprint density at radius 1 is 1.50 bits per heavy atom. The predicted molar refractivity (Wildman–Crippen MR) is 72.9 cm³/mol. The van der Waals surface area contributed by atoms with Gasteiger partial charge in [-0.05, 0) is 51.0 Å². The fraction of sp³-hybridized carbons (Fsp3) is 0.733. The lowest BCUT2D eigenvalue weighted by Gasteiger charge is -2.38. The van der Waals surface area contributed by atoms with Crippen LogP contribution >= 0.6 is 0 Å². The van der Waals surface area contributed by atoms with E-state index < -0.39 is 11.9 Å². The molecule has 104 valence electrons. The van der Waals surface area contributed by atoms with Gasteiger partial charge in [0.05, 0.1) is 6.10 Å². The first-order valence-electron chi connectivity index (χ1n) is 6.69. The van der Waals surface area contributed by atoms with E-state index >= 15 is 0 Å². The van der Waals surface area contributed by atoms with Gasteiger partial charge in [-0.2, -0.15) is 0 Å². The second-order valence-corrected chi connectivity index (χ2v) is 5.86. The molecule has 0 aliphatic heterocycles. The molecule has 3 N–H and O–H groups in total. The molecule has 1 rings (SSSR count). The molecule has 0 amide bonds. The summed E-state index contributed by atoms with van der Waals surface area (Å²) in [4.78, 5) is 0. The highest BCUT2D eigenvalue weighted by Crippen LogP contribution is 2.36. The summed E-state index contributed by atoms with van der Waals surface area (Å²) in [6.07, 6.45) is 5.32. The van der Waals surface area contributed by atoms with E-state index in [-0.39, 0.29) is 18.3 Å². The highest BCUT2D eigenvalue weighted by atomic mass is 16.5. The van der Waals surface area contributed by atoms with Crippen molar-refractivity contribution in [2.75, 3.05) is 0 Å². The molecule has 3 nitrogen and oxygen atoms in total. The topological polar surface area (TPSA) is 60.7 Å². The molecular formula is C15H26O3. The Labute approximate surface area is 110 Å². The van der Waals surface area contributed by atoms with Gasteiger partial charge in [-0.15, -0.1) is 0 Å². The minimum atomic E-state index is -1.76. The average Bonchev–Trinajstić information content (AvgIpc) is 2.23. The molecule has 3 heteroatoms. The predicted octanol–water partition coefficient (Wildman–Crippen LogP) is 2.38. The third-order valence-corrected chi connectivity index (χ3v) is 3.92. The molecule has 0 saturated carbocycles. The Morgan fingerprint density at radius 2 is 2.11 bits per heavy atom. The normalized spacial score (nSPS) is 28.5. The van der Waals surface area contributed by atoms with Crippen molar-refractivity contribution in [3.63, 3.8) is 0 Å². The minimum Gasteiger partial charge on any atom is -0.389 e. The summed E-state index contributed by atoms with van der Waals surface area (Å²) in [5.74, 6) is -1.58. The molecule has 18 heavy (non-hydrogen) atoms. The van der Waals surface area contributed by atoms with E-state index in [0.29, 0.717) is 5.57 Å². The van der Waals surface area contributed by atoms with Crippen LogP contribution in [0.3, 0.4) is 0 Å².